The fourth-order valence-corrected chi connectivity index (χ4v) is 3.79. The predicted molar refractivity (Wildman–Crippen MR) is 106 cm³/mol. The molecule has 0 bridgehead atoms. The first-order valence-electron chi connectivity index (χ1n) is 9.12. The number of methoxy groups -OCH3 is 3. The summed E-state index contributed by atoms with van der Waals surface area (Å²) in [7, 11) is 6.25. The number of phenolic OH excluding ortho intramolecular Hbond substituents is 1. The lowest BCUT2D eigenvalue weighted by Crippen LogP contribution is -2.45. The molecular formula is C21H26N2O5. The first-order valence-corrected chi connectivity index (χ1v) is 9.12. The van der Waals surface area contributed by atoms with Crippen LogP contribution >= 0.6 is 0 Å². The van der Waals surface area contributed by atoms with Crippen molar-refractivity contribution in [3.05, 3.63) is 47.0 Å². The van der Waals surface area contributed by atoms with E-state index in [-0.39, 0.29) is 23.6 Å². The van der Waals surface area contributed by atoms with Crippen molar-refractivity contribution in [3.63, 3.8) is 0 Å². The van der Waals surface area contributed by atoms with E-state index in [9.17, 15) is 9.90 Å². The molecule has 2 N–H and O–H groups in total. The molecule has 0 spiro atoms. The maximum atomic E-state index is 12.5. The zero-order valence-corrected chi connectivity index (χ0v) is 16.6. The highest BCUT2D eigenvalue weighted by Crippen LogP contribution is 2.47. The van der Waals surface area contributed by atoms with Crippen molar-refractivity contribution in [2.24, 2.45) is 0 Å². The third-order valence-corrected chi connectivity index (χ3v) is 5.14. The van der Waals surface area contributed by atoms with Crippen LogP contribution in [0.25, 0.3) is 0 Å². The van der Waals surface area contributed by atoms with E-state index in [1.54, 1.807) is 19.1 Å². The molecule has 0 radical (unpaired) electrons. The first-order chi connectivity index (χ1) is 13.5. The lowest BCUT2D eigenvalue weighted by atomic mass is 9.87. The summed E-state index contributed by atoms with van der Waals surface area (Å²) in [5, 5.41) is 13.7. The van der Waals surface area contributed by atoms with Gasteiger partial charge in [-0.25, -0.2) is 4.79 Å². The molecule has 7 nitrogen and oxygen atoms in total. The number of ether oxygens (including phenoxy) is 3. The maximum absolute atomic E-state index is 12.5. The molecule has 3 rings (SSSR count). The zero-order chi connectivity index (χ0) is 20.3. The summed E-state index contributed by atoms with van der Waals surface area (Å²) in [5.41, 5.74) is 2.64. The molecule has 1 aliphatic heterocycles. The number of fused-ring (bicyclic) bond motifs is 1. The van der Waals surface area contributed by atoms with E-state index in [0.717, 1.165) is 16.9 Å². The van der Waals surface area contributed by atoms with Crippen LogP contribution in [-0.4, -0.2) is 51.0 Å². The van der Waals surface area contributed by atoms with Crippen LogP contribution in [0.3, 0.4) is 0 Å². The highest BCUT2D eigenvalue weighted by atomic mass is 16.5. The van der Waals surface area contributed by atoms with E-state index in [0.29, 0.717) is 30.7 Å². The number of carbonyl (C=O) groups excluding carboxylic acids is 1. The molecule has 7 heteroatoms. The minimum Gasteiger partial charge on any atom is -0.504 e. The van der Waals surface area contributed by atoms with Gasteiger partial charge in [0.05, 0.1) is 27.4 Å². The monoisotopic (exact) mass is 386 g/mol. The van der Waals surface area contributed by atoms with Crippen LogP contribution < -0.4 is 19.5 Å². The summed E-state index contributed by atoms with van der Waals surface area (Å²) in [5.74, 6) is 1.51. The molecule has 1 heterocycles. The Kier molecular flexibility index (Phi) is 5.82. The summed E-state index contributed by atoms with van der Waals surface area (Å²) in [6, 6.07) is 9.05. The standard InChI is InChI=1S/C21H26N2O5/c1-22-21(25)23-9-8-14-12-17(27-3)20(28-4)19(24)18(14)16(23)11-13-6-5-7-15(10-13)26-2/h5-7,10,12,16,24H,8-9,11H2,1-4H3,(H,22,25). The quantitative estimate of drug-likeness (QED) is 0.826. The molecular weight excluding hydrogens is 360 g/mol. The molecule has 28 heavy (non-hydrogen) atoms. The van der Waals surface area contributed by atoms with Gasteiger partial charge in [-0.3, -0.25) is 0 Å². The predicted octanol–water partition coefficient (Wildman–Crippen LogP) is 2.90. The van der Waals surface area contributed by atoms with Gasteiger partial charge in [0.15, 0.2) is 11.5 Å². The van der Waals surface area contributed by atoms with Crippen molar-refractivity contribution in [2.45, 2.75) is 18.9 Å². The van der Waals surface area contributed by atoms with Crippen LogP contribution in [0.1, 0.15) is 22.7 Å². The third kappa shape index (κ3) is 3.52. The molecule has 0 fully saturated rings. The van der Waals surface area contributed by atoms with Gasteiger partial charge in [0.1, 0.15) is 5.75 Å². The number of rotatable bonds is 5. The van der Waals surface area contributed by atoms with Crippen LogP contribution in [0, 0.1) is 0 Å². The molecule has 2 amide bonds. The van der Waals surface area contributed by atoms with E-state index in [4.69, 9.17) is 14.2 Å². The zero-order valence-electron chi connectivity index (χ0n) is 16.6. The summed E-state index contributed by atoms with van der Waals surface area (Å²) >= 11 is 0. The number of phenols is 1. The number of hydrogen-bond donors (Lipinski definition) is 2. The van der Waals surface area contributed by atoms with Gasteiger partial charge in [-0.05, 0) is 42.2 Å². The maximum Gasteiger partial charge on any atom is 0.317 e. The molecule has 1 atom stereocenters. The third-order valence-electron chi connectivity index (χ3n) is 5.14. The second-order valence-corrected chi connectivity index (χ2v) is 6.60. The van der Waals surface area contributed by atoms with Crippen LogP contribution in [-0.2, 0) is 12.8 Å². The minimum absolute atomic E-state index is 0.0124. The van der Waals surface area contributed by atoms with Gasteiger partial charge in [0.2, 0.25) is 5.75 Å². The number of urea groups is 1. The number of nitrogens with zero attached hydrogens (tertiary/aromatic N) is 1. The summed E-state index contributed by atoms with van der Waals surface area (Å²) < 4.78 is 16.1. The van der Waals surface area contributed by atoms with Crippen molar-refractivity contribution in [3.8, 4) is 23.0 Å². The molecule has 0 aromatic heterocycles. The lowest BCUT2D eigenvalue weighted by Gasteiger charge is -2.38. The molecule has 0 saturated heterocycles. The van der Waals surface area contributed by atoms with Crippen LogP contribution in [0.5, 0.6) is 23.0 Å². The smallest absolute Gasteiger partial charge is 0.317 e. The van der Waals surface area contributed by atoms with Crippen molar-refractivity contribution < 1.29 is 24.1 Å². The Morgan fingerprint density at radius 3 is 2.64 bits per heavy atom. The van der Waals surface area contributed by atoms with Gasteiger partial charge in [-0.1, -0.05) is 12.1 Å². The normalized spacial score (nSPS) is 15.6. The van der Waals surface area contributed by atoms with E-state index in [1.165, 1.54) is 14.2 Å². The highest BCUT2D eigenvalue weighted by molar-refractivity contribution is 5.76. The number of amides is 2. The molecule has 1 aliphatic rings. The number of nitrogens with one attached hydrogen (secondary N) is 1. The second-order valence-electron chi connectivity index (χ2n) is 6.60. The van der Waals surface area contributed by atoms with Crippen molar-refractivity contribution in [2.75, 3.05) is 34.9 Å². The largest absolute Gasteiger partial charge is 0.504 e. The molecule has 1 unspecified atom stereocenters. The molecule has 2 aromatic carbocycles. The number of benzene rings is 2. The van der Waals surface area contributed by atoms with Crippen molar-refractivity contribution in [1.29, 1.82) is 0 Å². The summed E-state index contributed by atoms with van der Waals surface area (Å²) in [6.07, 6.45) is 1.14. The van der Waals surface area contributed by atoms with Gasteiger partial charge in [0, 0.05) is 19.2 Å². The first kappa shape index (κ1) is 19.7. The molecule has 0 saturated carbocycles. The van der Waals surface area contributed by atoms with Crippen LogP contribution in [0.2, 0.25) is 0 Å². The van der Waals surface area contributed by atoms with E-state index in [1.807, 2.05) is 30.3 Å². The number of aromatic hydroxyl groups is 1. The summed E-state index contributed by atoms with van der Waals surface area (Å²) in [4.78, 5) is 14.3. The van der Waals surface area contributed by atoms with E-state index >= 15 is 0 Å². The van der Waals surface area contributed by atoms with Gasteiger partial charge < -0.3 is 29.5 Å². The van der Waals surface area contributed by atoms with Crippen molar-refractivity contribution >= 4 is 6.03 Å². The number of carbonyl (C=O) groups is 1. The minimum atomic E-state index is -0.351. The Morgan fingerprint density at radius 1 is 1.21 bits per heavy atom. The Labute approximate surface area is 164 Å². The Hall–Kier alpha value is -3.09. The topological polar surface area (TPSA) is 80.3 Å². The van der Waals surface area contributed by atoms with Gasteiger partial charge in [-0.2, -0.15) is 0 Å². The molecule has 0 aliphatic carbocycles. The average molecular weight is 386 g/mol. The second kappa shape index (κ2) is 8.29. The fraction of sp³-hybridized carbons (Fsp3) is 0.381. The van der Waals surface area contributed by atoms with Gasteiger partial charge >= 0.3 is 6.03 Å². The van der Waals surface area contributed by atoms with E-state index in [2.05, 4.69) is 5.32 Å². The van der Waals surface area contributed by atoms with Crippen molar-refractivity contribution in [1.82, 2.24) is 10.2 Å². The molecule has 150 valence electrons. The Bertz CT molecular complexity index is 868. The van der Waals surface area contributed by atoms with E-state index < -0.39 is 0 Å². The van der Waals surface area contributed by atoms with Crippen LogP contribution in [0.4, 0.5) is 4.79 Å². The highest BCUT2D eigenvalue weighted by Gasteiger charge is 2.35. The Balaban J connectivity index is 2.11. The molecule has 2 aromatic rings. The number of hydrogen-bond acceptors (Lipinski definition) is 5. The van der Waals surface area contributed by atoms with Crippen LogP contribution in [0.15, 0.2) is 30.3 Å². The van der Waals surface area contributed by atoms with Gasteiger partial charge in [-0.15, -0.1) is 0 Å². The summed E-state index contributed by atoms with van der Waals surface area (Å²) in [6.45, 7) is 0.538. The average Bonchev–Trinajstić information content (AvgIpc) is 2.73. The van der Waals surface area contributed by atoms with Gasteiger partial charge in [0.25, 0.3) is 0 Å². The fourth-order valence-electron chi connectivity index (χ4n) is 3.79. The lowest BCUT2D eigenvalue weighted by molar-refractivity contribution is 0.168. The Morgan fingerprint density at radius 2 is 2.00 bits per heavy atom. The SMILES string of the molecule is CNC(=O)N1CCc2cc(OC)c(OC)c(O)c2C1Cc1cccc(OC)c1.